The van der Waals surface area contributed by atoms with Gasteiger partial charge < -0.3 is 15.5 Å². The zero-order chi connectivity index (χ0) is 9.97. The van der Waals surface area contributed by atoms with Crippen molar-refractivity contribution in [1.29, 1.82) is 0 Å². The number of H-pyrrole nitrogens is 1. The molecule has 2 aromatic rings. The third-order valence-corrected chi connectivity index (χ3v) is 1.92. The van der Waals surface area contributed by atoms with Crippen LogP contribution in [-0.4, -0.2) is 10.2 Å². The van der Waals surface area contributed by atoms with Crippen LogP contribution >= 0.6 is 0 Å². The predicted molar refractivity (Wildman–Crippen MR) is 53.8 cm³/mol. The summed E-state index contributed by atoms with van der Waals surface area (Å²) in [6, 6.07) is 3.86. The Morgan fingerprint density at radius 2 is 2.43 bits per heavy atom. The lowest BCUT2D eigenvalue weighted by atomic mass is 10.4. The molecule has 0 saturated carbocycles. The third kappa shape index (κ3) is 1.71. The second kappa shape index (κ2) is 3.45. The molecule has 14 heavy (non-hydrogen) atoms. The molecule has 0 aliphatic carbocycles. The molecular weight excluding hydrogens is 180 g/mol. The molecule has 0 aliphatic rings. The Morgan fingerprint density at radius 1 is 1.57 bits per heavy atom. The average molecular weight is 192 g/mol. The molecule has 0 atom stereocenters. The van der Waals surface area contributed by atoms with E-state index in [2.05, 4.69) is 15.5 Å². The molecule has 0 saturated heterocycles. The number of hydrogen-bond acceptors (Lipinski definition) is 4. The second-order valence-corrected chi connectivity index (χ2v) is 3.06. The Morgan fingerprint density at radius 3 is 3.00 bits per heavy atom. The molecule has 4 N–H and O–H groups in total. The van der Waals surface area contributed by atoms with Crippen LogP contribution in [0.2, 0.25) is 0 Å². The number of nitrogens with two attached hydrogens (primary N) is 1. The second-order valence-electron chi connectivity index (χ2n) is 3.06. The molecule has 74 valence electrons. The number of aryl methyl sites for hydroxylation is 1. The molecule has 0 aliphatic heterocycles. The van der Waals surface area contributed by atoms with Gasteiger partial charge in [0, 0.05) is 0 Å². The minimum atomic E-state index is 0.535. The van der Waals surface area contributed by atoms with Gasteiger partial charge in [-0.25, -0.2) is 0 Å². The van der Waals surface area contributed by atoms with Crippen molar-refractivity contribution in [2.75, 3.05) is 11.1 Å². The fraction of sp³-hybridized carbons (Fsp3) is 0.222. The first kappa shape index (κ1) is 8.68. The molecule has 5 heteroatoms. The van der Waals surface area contributed by atoms with Gasteiger partial charge in [0.1, 0.15) is 17.3 Å². The fourth-order valence-corrected chi connectivity index (χ4v) is 1.20. The minimum absolute atomic E-state index is 0.535. The van der Waals surface area contributed by atoms with Crippen molar-refractivity contribution in [2.24, 2.45) is 0 Å². The summed E-state index contributed by atoms with van der Waals surface area (Å²) < 4.78 is 5.39. The molecule has 0 aromatic carbocycles. The van der Waals surface area contributed by atoms with Crippen molar-refractivity contribution >= 4 is 11.5 Å². The largest absolute Gasteiger partial charge is 0.465 e. The molecule has 0 fully saturated rings. The van der Waals surface area contributed by atoms with Crippen LogP contribution in [0.5, 0.6) is 0 Å². The smallest absolute Gasteiger partial charge is 0.142 e. The fourth-order valence-electron chi connectivity index (χ4n) is 1.20. The molecular formula is C9H12N4O. The lowest BCUT2D eigenvalue weighted by Gasteiger charge is -2.01. The van der Waals surface area contributed by atoms with Gasteiger partial charge in [0.25, 0.3) is 0 Å². The summed E-state index contributed by atoms with van der Waals surface area (Å²) in [4.78, 5) is 0. The van der Waals surface area contributed by atoms with Gasteiger partial charge in [-0.2, -0.15) is 5.10 Å². The lowest BCUT2D eigenvalue weighted by Crippen LogP contribution is -1.99. The number of nitrogens with one attached hydrogen (secondary N) is 2. The quantitative estimate of drug-likeness (QED) is 0.688. The number of aromatic nitrogens is 2. The molecule has 0 amide bonds. The summed E-state index contributed by atoms with van der Waals surface area (Å²) in [6.07, 6.45) is 1.64. The summed E-state index contributed by atoms with van der Waals surface area (Å²) in [7, 11) is 0. The number of nitrogens with zero attached hydrogens (tertiary/aromatic N) is 1. The first-order valence-electron chi connectivity index (χ1n) is 4.34. The molecule has 0 radical (unpaired) electrons. The van der Waals surface area contributed by atoms with Crippen molar-refractivity contribution < 1.29 is 4.42 Å². The number of nitrogen functional groups attached to an aromatic ring is 1. The maximum Gasteiger partial charge on any atom is 0.142 e. The van der Waals surface area contributed by atoms with Crippen LogP contribution in [0, 0.1) is 6.92 Å². The lowest BCUT2D eigenvalue weighted by molar-refractivity contribution is 0.490. The molecule has 2 heterocycles. The SMILES string of the molecule is Cc1ccc(CNc2cn[nH]c2N)o1. The van der Waals surface area contributed by atoms with Crippen molar-refractivity contribution in [1.82, 2.24) is 10.2 Å². The molecule has 0 spiro atoms. The Bertz CT molecular complexity index is 418. The Balaban J connectivity index is 1.98. The summed E-state index contributed by atoms with van der Waals surface area (Å²) in [5.41, 5.74) is 6.39. The monoisotopic (exact) mass is 192 g/mol. The maximum absolute atomic E-state index is 5.60. The first-order chi connectivity index (χ1) is 6.75. The van der Waals surface area contributed by atoms with Gasteiger partial charge in [-0.05, 0) is 19.1 Å². The van der Waals surface area contributed by atoms with Gasteiger partial charge in [0.05, 0.1) is 18.4 Å². The number of aromatic amines is 1. The normalized spacial score (nSPS) is 10.4. The van der Waals surface area contributed by atoms with Gasteiger partial charge >= 0.3 is 0 Å². The number of hydrogen-bond donors (Lipinski definition) is 3. The third-order valence-electron chi connectivity index (χ3n) is 1.92. The van der Waals surface area contributed by atoms with Gasteiger partial charge in [0.15, 0.2) is 0 Å². The number of furan rings is 1. The van der Waals surface area contributed by atoms with E-state index in [0.29, 0.717) is 12.4 Å². The van der Waals surface area contributed by atoms with Crippen LogP contribution in [0.15, 0.2) is 22.7 Å². The van der Waals surface area contributed by atoms with Gasteiger partial charge in [-0.1, -0.05) is 0 Å². The summed E-state index contributed by atoms with van der Waals surface area (Å²) in [6.45, 7) is 2.52. The molecule has 2 rings (SSSR count). The highest BCUT2D eigenvalue weighted by Gasteiger charge is 2.02. The van der Waals surface area contributed by atoms with E-state index in [4.69, 9.17) is 10.2 Å². The average Bonchev–Trinajstić information content (AvgIpc) is 2.72. The minimum Gasteiger partial charge on any atom is -0.465 e. The van der Waals surface area contributed by atoms with Crippen LogP contribution in [0.25, 0.3) is 0 Å². The van der Waals surface area contributed by atoms with Gasteiger partial charge in [-0.15, -0.1) is 0 Å². The highest BCUT2D eigenvalue weighted by atomic mass is 16.3. The zero-order valence-corrected chi connectivity index (χ0v) is 7.87. The molecule has 5 nitrogen and oxygen atoms in total. The Kier molecular flexibility index (Phi) is 2.14. The molecule has 2 aromatic heterocycles. The van der Waals surface area contributed by atoms with Crippen LogP contribution in [0.3, 0.4) is 0 Å². The van der Waals surface area contributed by atoms with E-state index < -0.39 is 0 Å². The van der Waals surface area contributed by atoms with Crippen LogP contribution in [0.1, 0.15) is 11.5 Å². The first-order valence-corrected chi connectivity index (χ1v) is 4.34. The zero-order valence-electron chi connectivity index (χ0n) is 7.87. The highest BCUT2D eigenvalue weighted by molar-refractivity contribution is 5.59. The van der Waals surface area contributed by atoms with E-state index in [1.807, 2.05) is 19.1 Å². The van der Waals surface area contributed by atoms with Gasteiger partial charge in [-0.3, -0.25) is 5.10 Å². The van der Waals surface area contributed by atoms with Crippen molar-refractivity contribution in [2.45, 2.75) is 13.5 Å². The van der Waals surface area contributed by atoms with E-state index >= 15 is 0 Å². The van der Waals surface area contributed by atoms with Crippen LogP contribution in [-0.2, 0) is 6.54 Å². The van der Waals surface area contributed by atoms with E-state index in [1.165, 1.54) is 0 Å². The predicted octanol–water partition coefficient (Wildman–Crippen LogP) is 1.51. The number of anilines is 2. The van der Waals surface area contributed by atoms with E-state index in [9.17, 15) is 0 Å². The summed E-state index contributed by atoms with van der Waals surface area (Å²) >= 11 is 0. The van der Waals surface area contributed by atoms with E-state index in [1.54, 1.807) is 6.20 Å². The highest BCUT2D eigenvalue weighted by Crippen LogP contribution is 2.15. The van der Waals surface area contributed by atoms with Crippen molar-refractivity contribution in [3.05, 3.63) is 29.9 Å². The molecule has 0 unspecified atom stereocenters. The topological polar surface area (TPSA) is 79.9 Å². The van der Waals surface area contributed by atoms with E-state index in [0.717, 1.165) is 17.2 Å². The summed E-state index contributed by atoms with van der Waals surface area (Å²) in [5.74, 6) is 2.32. The Labute approximate surface area is 81.3 Å². The van der Waals surface area contributed by atoms with Crippen LogP contribution in [0.4, 0.5) is 11.5 Å². The standard InChI is InChI=1S/C9H12N4O/c1-6-2-3-7(14-6)4-11-8-5-12-13-9(8)10/h2-3,5,11H,4H2,1H3,(H3,10,12,13). The van der Waals surface area contributed by atoms with Gasteiger partial charge in [0.2, 0.25) is 0 Å². The molecule has 0 bridgehead atoms. The van der Waals surface area contributed by atoms with Crippen molar-refractivity contribution in [3.63, 3.8) is 0 Å². The van der Waals surface area contributed by atoms with E-state index in [-0.39, 0.29) is 0 Å². The maximum atomic E-state index is 5.60. The van der Waals surface area contributed by atoms with Crippen molar-refractivity contribution in [3.8, 4) is 0 Å². The summed E-state index contributed by atoms with van der Waals surface area (Å²) in [5, 5.41) is 9.55. The Hall–Kier alpha value is -1.91. The van der Waals surface area contributed by atoms with Crippen LogP contribution < -0.4 is 11.1 Å². The number of rotatable bonds is 3.